The molecule has 1 aliphatic carbocycles. The van der Waals surface area contributed by atoms with Crippen molar-refractivity contribution in [3.63, 3.8) is 0 Å². The van der Waals surface area contributed by atoms with Gasteiger partial charge < -0.3 is 5.32 Å². The van der Waals surface area contributed by atoms with E-state index in [0.29, 0.717) is 0 Å². The SMILES string of the molecule is O=C(C=Cc1ccccn1)NC1(c2cccc(Br)c2)CCC1. The first kappa shape index (κ1) is 15.0. The molecule has 0 unspecified atom stereocenters. The molecule has 1 N–H and O–H groups in total. The van der Waals surface area contributed by atoms with E-state index in [4.69, 9.17) is 0 Å². The standard InChI is InChI=1S/C18H17BrN2O/c19-15-6-3-5-14(13-15)18(10-4-11-18)21-17(22)9-8-16-7-1-2-12-20-16/h1-3,5-9,12-13H,4,10-11H2,(H,21,22). The molecular formula is C18H17BrN2O. The van der Waals surface area contributed by atoms with Gasteiger partial charge in [-0.3, -0.25) is 9.78 Å². The van der Waals surface area contributed by atoms with Gasteiger partial charge in [-0.05, 0) is 55.2 Å². The molecule has 3 nitrogen and oxygen atoms in total. The first-order valence-electron chi connectivity index (χ1n) is 7.35. The fourth-order valence-electron chi connectivity index (χ4n) is 2.72. The van der Waals surface area contributed by atoms with Gasteiger partial charge in [0, 0.05) is 16.7 Å². The van der Waals surface area contributed by atoms with E-state index in [1.54, 1.807) is 18.3 Å². The van der Waals surface area contributed by atoms with Crippen LogP contribution in [-0.4, -0.2) is 10.9 Å². The fourth-order valence-corrected chi connectivity index (χ4v) is 3.11. The molecule has 1 heterocycles. The second-order valence-electron chi connectivity index (χ2n) is 5.52. The number of hydrogen-bond acceptors (Lipinski definition) is 2. The average Bonchev–Trinajstić information content (AvgIpc) is 2.50. The Morgan fingerprint density at radius 2 is 2.09 bits per heavy atom. The van der Waals surface area contributed by atoms with Crippen LogP contribution < -0.4 is 5.32 Å². The first-order chi connectivity index (χ1) is 10.7. The fraction of sp³-hybridized carbons (Fsp3) is 0.222. The quantitative estimate of drug-likeness (QED) is 0.839. The first-order valence-corrected chi connectivity index (χ1v) is 8.15. The molecule has 1 aromatic heterocycles. The van der Waals surface area contributed by atoms with Crippen molar-refractivity contribution in [1.82, 2.24) is 10.3 Å². The van der Waals surface area contributed by atoms with Gasteiger partial charge in [0.2, 0.25) is 5.91 Å². The summed E-state index contributed by atoms with van der Waals surface area (Å²) in [6, 6.07) is 13.8. The van der Waals surface area contributed by atoms with E-state index in [-0.39, 0.29) is 11.4 Å². The molecule has 4 heteroatoms. The van der Waals surface area contributed by atoms with Crippen molar-refractivity contribution in [2.75, 3.05) is 0 Å². The Kier molecular flexibility index (Phi) is 4.39. The third-order valence-electron chi connectivity index (χ3n) is 4.04. The smallest absolute Gasteiger partial charge is 0.244 e. The highest BCUT2D eigenvalue weighted by Gasteiger charge is 2.39. The number of aromatic nitrogens is 1. The molecule has 1 aromatic carbocycles. The summed E-state index contributed by atoms with van der Waals surface area (Å²) in [4.78, 5) is 16.4. The summed E-state index contributed by atoms with van der Waals surface area (Å²) < 4.78 is 1.04. The minimum atomic E-state index is -0.227. The van der Waals surface area contributed by atoms with E-state index in [1.807, 2.05) is 30.3 Å². The number of hydrogen-bond donors (Lipinski definition) is 1. The van der Waals surface area contributed by atoms with Crippen LogP contribution in [0.15, 0.2) is 59.2 Å². The van der Waals surface area contributed by atoms with E-state index < -0.39 is 0 Å². The van der Waals surface area contributed by atoms with Crippen molar-refractivity contribution in [2.45, 2.75) is 24.8 Å². The normalized spacial score (nSPS) is 16.2. The van der Waals surface area contributed by atoms with Gasteiger partial charge in [0.1, 0.15) is 0 Å². The minimum Gasteiger partial charge on any atom is -0.343 e. The minimum absolute atomic E-state index is 0.0784. The maximum atomic E-state index is 12.2. The highest BCUT2D eigenvalue weighted by Crippen LogP contribution is 2.41. The Hall–Kier alpha value is -1.94. The second-order valence-corrected chi connectivity index (χ2v) is 6.44. The van der Waals surface area contributed by atoms with Crippen LogP contribution in [-0.2, 0) is 10.3 Å². The number of pyridine rings is 1. The van der Waals surface area contributed by atoms with Gasteiger partial charge in [-0.15, -0.1) is 0 Å². The molecule has 0 aliphatic heterocycles. The lowest BCUT2D eigenvalue weighted by Crippen LogP contribution is -2.50. The number of benzene rings is 1. The molecule has 0 saturated heterocycles. The number of carbonyl (C=O) groups is 1. The third kappa shape index (κ3) is 3.28. The van der Waals surface area contributed by atoms with Crippen LogP contribution in [0.1, 0.15) is 30.5 Å². The molecule has 0 bridgehead atoms. The number of carbonyl (C=O) groups excluding carboxylic acids is 1. The topological polar surface area (TPSA) is 42.0 Å². The summed E-state index contributed by atoms with van der Waals surface area (Å²) in [5, 5.41) is 3.17. The maximum absolute atomic E-state index is 12.2. The summed E-state index contributed by atoms with van der Waals surface area (Å²) >= 11 is 3.50. The maximum Gasteiger partial charge on any atom is 0.244 e. The number of rotatable bonds is 4. The van der Waals surface area contributed by atoms with Gasteiger partial charge in [-0.2, -0.15) is 0 Å². The zero-order valence-corrected chi connectivity index (χ0v) is 13.7. The predicted molar refractivity (Wildman–Crippen MR) is 91.1 cm³/mol. The average molecular weight is 357 g/mol. The summed E-state index contributed by atoms with van der Waals surface area (Å²) in [5.41, 5.74) is 1.71. The predicted octanol–water partition coefficient (Wildman–Crippen LogP) is 4.05. The Morgan fingerprint density at radius 1 is 1.23 bits per heavy atom. The molecule has 1 fully saturated rings. The largest absolute Gasteiger partial charge is 0.343 e. The Bertz CT molecular complexity index is 693. The Balaban J connectivity index is 1.73. The lowest BCUT2D eigenvalue weighted by atomic mass is 9.72. The zero-order chi connectivity index (χ0) is 15.4. The Morgan fingerprint density at radius 3 is 2.73 bits per heavy atom. The second kappa shape index (κ2) is 6.44. The van der Waals surface area contributed by atoms with E-state index in [1.165, 1.54) is 0 Å². The van der Waals surface area contributed by atoms with Crippen molar-refractivity contribution in [3.05, 3.63) is 70.5 Å². The molecule has 112 valence electrons. The van der Waals surface area contributed by atoms with Crippen LogP contribution in [0, 0.1) is 0 Å². The van der Waals surface area contributed by atoms with Crippen molar-refractivity contribution < 1.29 is 4.79 Å². The molecule has 0 atom stereocenters. The van der Waals surface area contributed by atoms with Crippen molar-refractivity contribution >= 4 is 27.9 Å². The number of nitrogens with one attached hydrogen (secondary N) is 1. The molecule has 1 saturated carbocycles. The Labute approximate surface area is 138 Å². The molecule has 3 rings (SSSR count). The lowest BCUT2D eigenvalue weighted by molar-refractivity contribution is -0.119. The van der Waals surface area contributed by atoms with Gasteiger partial charge in [0.05, 0.1) is 11.2 Å². The van der Waals surface area contributed by atoms with E-state index in [0.717, 1.165) is 35.0 Å². The molecule has 1 amide bonds. The number of nitrogens with zero attached hydrogens (tertiary/aromatic N) is 1. The van der Waals surface area contributed by atoms with E-state index in [2.05, 4.69) is 38.4 Å². The van der Waals surface area contributed by atoms with Crippen molar-refractivity contribution in [3.8, 4) is 0 Å². The van der Waals surface area contributed by atoms with Gasteiger partial charge in [0.15, 0.2) is 0 Å². The van der Waals surface area contributed by atoms with Gasteiger partial charge >= 0.3 is 0 Å². The lowest BCUT2D eigenvalue weighted by Gasteiger charge is -2.43. The van der Waals surface area contributed by atoms with Gasteiger partial charge in [0.25, 0.3) is 0 Å². The van der Waals surface area contributed by atoms with Gasteiger partial charge in [-0.25, -0.2) is 0 Å². The molecule has 1 aliphatic rings. The number of halogens is 1. The van der Waals surface area contributed by atoms with Crippen molar-refractivity contribution in [2.24, 2.45) is 0 Å². The highest BCUT2D eigenvalue weighted by atomic mass is 79.9. The summed E-state index contributed by atoms with van der Waals surface area (Å²) in [6.45, 7) is 0. The summed E-state index contributed by atoms with van der Waals surface area (Å²) in [6.07, 6.45) is 8.10. The zero-order valence-electron chi connectivity index (χ0n) is 12.1. The number of amides is 1. The van der Waals surface area contributed by atoms with Crippen LogP contribution in [0.3, 0.4) is 0 Å². The molecule has 2 aromatic rings. The third-order valence-corrected chi connectivity index (χ3v) is 4.53. The van der Waals surface area contributed by atoms with Crippen molar-refractivity contribution in [1.29, 1.82) is 0 Å². The molecular weight excluding hydrogens is 340 g/mol. The summed E-state index contributed by atoms with van der Waals surface area (Å²) in [5.74, 6) is -0.0784. The highest BCUT2D eigenvalue weighted by molar-refractivity contribution is 9.10. The molecule has 0 radical (unpaired) electrons. The monoisotopic (exact) mass is 356 g/mol. The summed E-state index contributed by atoms with van der Waals surface area (Å²) in [7, 11) is 0. The van der Waals surface area contributed by atoms with Crippen LogP contribution in [0.5, 0.6) is 0 Å². The van der Waals surface area contributed by atoms with Crippen LogP contribution in [0.2, 0.25) is 0 Å². The van der Waals surface area contributed by atoms with Gasteiger partial charge in [-0.1, -0.05) is 34.1 Å². The van der Waals surface area contributed by atoms with Crippen LogP contribution >= 0.6 is 15.9 Å². The molecule has 22 heavy (non-hydrogen) atoms. The van der Waals surface area contributed by atoms with Crippen LogP contribution in [0.25, 0.3) is 6.08 Å². The van der Waals surface area contributed by atoms with E-state index >= 15 is 0 Å². The molecule has 0 spiro atoms. The van der Waals surface area contributed by atoms with Crippen LogP contribution in [0.4, 0.5) is 0 Å². The van der Waals surface area contributed by atoms with E-state index in [9.17, 15) is 4.79 Å².